The number of aryl methyl sites for hydroxylation is 1. The first kappa shape index (κ1) is 20.1. The van der Waals surface area contributed by atoms with Crippen LogP contribution < -0.4 is 5.32 Å². The second-order valence-electron chi connectivity index (χ2n) is 7.53. The van der Waals surface area contributed by atoms with Crippen molar-refractivity contribution in [3.8, 4) is 5.69 Å². The molecule has 0 saturated carbocycles. The third-order valence-electron chi connectivity index (χ3n) is 5.28. The van der Waals surface area contributed by atoms with Gasteiger partial charge in [0.15, 0.2) is 0 Å². The minimum Gasteiger partial charge on any atom is -0.325 e. The molecular weight excluding hydrogens is 380 g/mol. The highest BCUT2D eigenvalue weighted by Crippen LogP contribution is 2.21. The van der Waals surface area contributed by atoms with E-state index in [1.807, 2.05) is 36.7 Å². The summed E-state index contributed by atoms with van der Waals surface area (Å²) in [6, 6.07) is 7.32. The molecular formula is C21H26N8O. The molecule has 156 valence electrons. The van der Waals surface area contributed by atoms with Crippen molar-refractivity contribution in [2.24, 2.45) is 0 Å². The van der Waals surface area contributed by atoms with E-state index in [4.69, 9.17) is 0 Å². The first-order valence-corrected chi connectivity index (χ1v) is 10.4. The molecule has 1 fully saturated rings. The Kier molecular flexibility index (Phi) is 6.38. The molecule has 1 N–H and O–H groups in total. The number of likely N-dealkylation sites (tertiary alicyclic amines) is 1. The first-order valence-electron chi connectivity index (χ1n) is 10.4. The number of carbonyl (C=O) groups is 1. The van der Waals surface area contributed by atoms with E-state index < -0.39 is 0 Å². The summed E-state index contributed by atoms with van der Waals surface area (Å²) in [5.74, 6) is 0.896. The van der Waals surface area contributed by atoms with Gasteiger partial charge in [-0.05, 0) is 60.5 Å². The molecule has 1 amide bonds. The van der Waals surface area contributed by atoms with Crippen molar-refractivity contribution in [2.45, 2.75) is 51.6 Å². The van der Waals surface area contributed by atoms with Crippen molar-refractivity contribution in [1.82, 2.24) is 35.1 Å². The number of piperidine rings is 1. The SMILES string of the molecule is CCCc1ncc(CN2CCCC[C@@H]2C(=O)Nc2ccc(-n3cnnn3)cc2)cn1. The Morgan fingerprint density at radius 1 is 1.17 bits per heavy atom. The quantitative estimate of drug-likeness (QED) is 0.643. The number of nitrogens with zero attached hydrogens (tertiary/aromatic N) is 7. The lowest BCUT2D eigenvalue weighted by Crippen LogP contribution is -2.46. The Morgan fingerprint density at radius 3 is 2.67 bits per heavy atom. The van der Waals surface area contributed by atoms with Gasteiger partial charge in [-0.25, -0.2) is 14.6 Å². The first-order chi connectivity index (χ1) is 14.7. The summed E-state index contributed by atoms with van der Waals surface area (Å²) in [7, 11) is 0. The van der Waals surface area contributed by atoms with Gasteiger partial charge in [-0.3, -0.25) is 9.69 Å². The molecule has 1 aliphatic rings. The van der Waals surface area contributed by atoms with E-state index in [9.17, 15) is 4.79 Å². The van der Waals surface area contributed by atoms with Gasteiger partial charge in [-0.2, -0.15) is 0 Å². The van der Waals surface area contributed by atoms with Crippen LogP contribution in [0.15, 0.2) is 43.0 Å². The smallest absolute Gasteiger partial charge is 0.241 e. The van der Waals surface area contributed by atoms with Gasteiger partial charge in [0.05, 0.1) is 11.7 Å². The maximum Gasteiger partial charge on any atom is 0.241 e. The number of rotatable bonds is 7. The highest BCUT2D eigenvalue weighted by atomic mass is 16.2. The van der Waals surface area contributed by atoms with Gasteiger partial charge < -0.3 is 5.32 Å². The van der Waals surface area contributed by atoms with Gasteiger partial charge in [0.25, 0.3) is 0 Å². The topological polar surface area (TPSA) is 102 Å². The molecule has 1 saturated heterocycles. The highest BCUT2D eigenvalue weighted by molar-refractivity contribution is 5.95. The summed E-state index contributed by atoms with van der Waals surface area (Å²) < 4.78 is 1.57. The third kappa shape index (κ3) is 4.85. The van der Waals surface area contributed by atoms with Crippen LogP contribution in [0.4, 0.5) is 5.69 Å². The van der Waals surface area contributed by atoms with E-state index in [1.165, 1.54) is 6.33 Å². The molecule has 3 heterocycles. The summed E-state index contributed by atoms with van der Waals surface area (Å²) in [6.45, 7) is 3.70. The fourth-order valence-electron chi connectivity index (χ4n) is 3.73. The van der Waals surface area contributed by atoms with Gasteiger partial charge >= 0.3 is 0 Å². The number of carbonyl (C=O) groups excluding carboxylic acids is 1. The Bertz CT molecular complexity index is 940. The van der Waals surface area contributed by atoms with E-state index in [0.29, 0.717) is 6.54 Å². The molecule has 0 spiro atoms. The number of aromatic nitrogens is 6. The highest BCUT2D eigenvalue weighted by Gasteiger charge is 2.28. The zero-order valence-electron chi connectivity index (χ0n) is 17.1. The van der Waals surface area contributed by atoms with Crippen LogP contribution in [-0.4, -0.2) is 53.6 Å². The Morgan fingerprint density at radius 2 is 1.97 bits per heavy atom. The third-order valence-corrected chi connectivity index (χ3v) is 5.28. The average Bonchev–Trinajstić information content (AvgIpc) is 3.31. The Balaban J connectivity index is 1.40. The van der Waals surface area contributed by atoms with Crippen LogP contribution in [0.1, 0.15) is 44.0 Å². The molecule has 4 rings (SSSR count). The number of anilines is 1. The molecule has 0 aliphatic carbocycles. The zero-order chi connectivity index (χ0) is 20.8. The minimum atomic E-state index is -0.159. The van der Waals surface area contributed by atoms with Gasteiger partial charge in [0.1, 0.15) is 12.2 Å². The molecule has 0 unspecified atom stereocenters. The predicted molar refractivity (Wildman–Crippen MR) is 112 cm³/mol. The van der Waals surface area contributed by atoms with Crippen LogP contribution in [0.25, 0.3) is 5.69 Å². The number of tetrazole rings is 1. The fourth-order valence-corrected chi connectivity index (χ4v) is 3.73. The summed E-state index contributed by atoms with van der Waals surface area (Å²) >= 11 is 0. The lowest BCUT2D eigenvalue weighted by molar-refractivity contribution is -0.122. The number of benzene rings is 1. The number of amides is 1. The van der Waals surface area contributed by atoms with E-state index in [1.54, 1.807) is 4.68 Å². The van der Waals surface area contributed by atoms with E-state index >= 15 is 0 Å². The van der Waals surface area contributed by atoms with Gasteiger partial charge in [-0.15, -0.1) is 5.10 Å². The molecule has 9 nitrogen and oxygen atoms in total. The molecule has 9 heteroatoms. The van der Waals surface area contributed by atoms with Gasteiger partial charge in [0, 0.05) is 36.6 Å². The van der Waals surface area contributed by atoms with Crippen molar-refractivity contribution in [1.29, 1.82) is 0 Å². The number of nitrogens with one attached hydrogen (secondary N) is 1. The van der Waals surface area contributed by atoms with Crippen LogP contribution in [0.5, 0.6) is 0 Å². The van der Waals surface area contributed by atoms with Crippen LogP contribution in [0.3, 0.4) is 0 Å². The zero-order valence-corrected chi connectivity index (χ0v) is 17.1. The molecule has 3 aromatic rings. The van der Waals surface area contributed by atoms with E-state index in [0.717, 1.165) is 61.4 Å². The largest absolute Gasteiger partial charge is 0.325 e. The molecule has 1 aromatic carbocycles. The average molecular weight is 406 g/mol. The van der Waals surface area contributed by atoms with Crippen LogP contribution >= 0.6 is 0 Å². The van der Waals surface area contributed by atoms with Crippen molar-refractivity contribution >= 4 is 11.6 Å². The second kappa shape index (κ2) is 9.53. The van der Waals surface area contributed by atoms with Crippen LogP contribution in [0.2, 0.25) is 0 Å². The summed E-state index contributed by atoms with van der Waals surface area (Å²) in [6.07, 6.45) is 10.2. The van der Waals surface area contributed by atoms with E-state index in [2.05, 4.69) is 42.6 Å². The Labute approximate surface area is 175 Å². The minimum absolute atomic E-state index is 0.0217. The van der Waals surface area contributed by atoms with Gasteiger partial charge in [0.2, 0.25) is 5.91 Å². The number of hydrogen-bond donors (Lipinski definition) is 1. The van der Waals surface area contributed by atoms with Crippen molar-refractivity contribution < 1.29 is 4.79 Å². The fraction of sp³-hybridized carbons (Fsp3) is 0.429. The lowest BCUT2D eigenvalue weighted by Gasteiger charge is -2.34. The molecule has 1 atom stereocenters. The van der Waals surface area contributed by atoms with Crippen LogP contribution in [-0.2, 0) is 17.8 Å². The second-order valence-corrected chi connectivity index (χ2v) is 7.53. The van der Waals surface area contributed by atoms with Crippen molar-refractivity contribution in [3.63, 3.8) is 0 Å². The molecule has 2 aromatic heterocycles. The van der Waals surface area contributed by atoms with Crippen molar-refractivity contribution in [2.75, 3.05) is 11.9 Å². The molecule has 30 heavy (non-hydrogen) atoms. The van der Waals surface area contributed by atoms with Gasteiger partial charge in [-0.1, -0.05) is 13.3 Å². The standard InChI is InChI=1S/C21H26N8O/c1-2-5-20-22-12-16(13-23-20)14-28-11-4-3-6-19(28)21(30)25-17-7-9-18(10-8-17)29-15-24-26-27-29/h7-10,12-13,15,19H,2-6,11,14H2,1H3,(H,25,30)/t19-/m1/s1. The summed E-state index contributed by atoms with van der Waals surface area (Å²) in [5, 5.41) is 14.2. The molecule has 1 aliphatic heterocycles. The van der Waals surface area contributed by atoms with Crippen LogP contribution in [0, 0.1) is 0 Å². The van der Waals surface area contributed by atoms with E-state index in [-0.39, 0.29) is 11.9 Å². The number of hydrogen-bond acceptors (Lipinski definition) is 7. The Hall–Kier alpha value is -3.20. The monoisotopic (exact) mass is 406 g/mol. The lowest BCUT2D eigenvalue weighted by atomic mass is 10.0. The summed E-state index contributed by atoms with van der Waals surface area (Å²) in [5.41, 5.74) is 2.64. The molecule has 0 bridgehead atoms. The maximum atomic E-state index is 13.0. The maximum absolute atomic E-state index is 13.0. The van der Waals surface area contributed by atoms with Crippen molar-refractivity contribution in [3.05, 3.63) is 54.4 Å². The normalized spacial score (nSPS) is 17.0. The predicted octanol–water partition coefficient (Wildman–Crippen LogP) is 2.40. The summed E-state index contributed by atoms with van der Waals surface area (Å²) in [4.78, 5) is 24.1. The molecule has 0 radical (unpaired) electrons.